The van der Waals surface area contributed by atoms with Crippen molar-refractivity contribution in [1.82, 2.24) is 19.8 Å². The fraction of sp³-hybridized carbons (Fsp3) is 0.444. The van der Waals surface area contributed by atoms with Crippen molar-refractivity contribution < 1.29 is 9.59 Å². The van der Waals surface area contributed by atoms with Crippen molar-refractivity contribution in [3.63, 3.8) is 0 Å². The van der Waals surface area contributed by atoms with Crippen molar-refractivity contribution in [2.45, 2.75) is 13.0 Å². The third-order valence-electron chi connectivity index (χ3n) is 4.92. The van der Waals surface area contributed by atoms with E-state index in [0.29, 0.717) is 32.6 Å². The number of likely N-dealkylation sites (tertiary alicyclic amines) is 1. The van der Waals surface area contributed by atoms with E-state index in [2.05, 4.69) is 14.9 Å². The zero-order valence-corrected chi connectivity index (χ0v) is 15.3. The minimum Gasteiger partial charge on any atom is -0.345 e. The molecule has 4 rings (SSSR count). The Kier molecular flexibility index (Phi) is 4.83. The molecule has 2 saturated heterocycles. The van der Waals surface area contributed by atoms with E-state index in [0.717, 1.165) is 23.9 Å². The first kappa shape index (κ1) is 17.0. The van der Waals surface area contributed by atoms with Gasteiger partial charge in [0.2, 0.25) is 11.8 Å². The fourth-order valence-corrected chi connectivity index (χ4v) is 4.22. The Morgan fingerprint density at radius 3 is 2.69 bits per heavy atom. The average molecular weight is 371 g/mol. The lowest BCUT2D eigenvalue weighted by molar-refractivity contribution is -0.136. The van der Waals surface area contributed by atoms with Gasteiger partial charge in [-0.3, -0.25) is 14.6 Å². The Morgan fingerprint density at radius 1 is 1.15 bits per heavy atom. The molecule has 2 aromatic heterocycles. The number of piperazine rings is 1. The molecule has 2 aromatic rings. The maximum atomic E-state index is 12.8. The Labute approximate surface area is 156 Å². The van der Waals surface area contributed by atoms with E-state index in [1.54, 1.807) is 28.6 Å². The summed E-state index contributed by atoms with van der Waals surface area (Å²) in [6.45, 7) is 3.91. The molecular formula is C18H21N5O2S. The van der Waals surface area contributed by atoms with Gasteiger partial charge >= 0.3 is 0 Å². The van der Waals surface area contributed by atoms with Crippen LogP contribution in [0.1, 0.15) is 12.1 Å². The first-order valence-corrected chi connectivity index (χ1v) is 9.69. The summed E-state index contributed by atoms with van der Waals surface area (Å²) in [5.74, 6) is -0.103. The van der Waals surface area contributed by atoms with Gasteiger partial charge in [0.1, 0.15) is 0 Å². The van der Waals surface area contributed by atoms with Crippen LogP contribution in [0.3, 0.4) is 0 Å². The molecule has 0 saturated carbocycles. The number of nitrogens with zero attached hydrogens (tertiary/aromatic N) is 5. The van der Waals surface area contributed by atoms with Crippen LogP contribution in [0.4, 0.5) is 5.13 Å². The van der Waals surface area contributed by atoms with Crippen LogP contribution in [0.2, 0.25) is 0 Å². The largest absolute Gasteiger partial charge is 0.345 e. The van der Waals surface area contributed by atoms with Crippen LogP contribution in [0.15, 0.2) is 36.0 Å². The molecule has 0 N–H and O–H groups in total. The number of pyridine rings is 1. The van der Waals surface area contributed by atoms with Gasteiger partial charge < -0.3 is 14.7 Å². The maximum Gasteiger partial charge on any atom is 0.228 e. The standard InChI is InChI=1S/C18H21N5O2S/c24-16-11-14(12-23(16)13-15-3-1-2-4-19-15)17(25)21-6-8-22(9-7-21)18-20-5-10-26-18/h1-5,10,14H,6-9,11-13H2/t14-/m1/s1. The van der Waals surface area contributed by atoms with Gasteiger partial charge in [-0.05, 0) is 12.1 Å². The molecule has 4 heterocycles. The van der Waals surface area contributed by atoms with Gasteiger partial charge in [0.25, 0.3) is 0 Å². The summed E-state index contributed by atoms with van der Waals surface area (Å²) in [5, 5.41) is 2.97. The first-order valence-electron chi connectivity index (χ1n) is 8.81. The average Bonchev–Trinajstić information content (AvgIpc) is 3.33. The van der Waals surface area contributed by atoms with Crippen molar-refractivity contribution in [3.8, 4) is 0 Å². The summed E-state index contributed by atoms with van der Waals surface area (Å²) in [7, 11) is 0. The summed E-state index contributed by atoms with van der Waals surface area (Å²) >= 11 is 1.62. The van der Waals surface area contributed by atoms with Crippen LogP contribution >= 0.6 is 11.3 Å². The Balaban J connectivity index is 1.32. The van der Waals surface area contributed by atoms with Crippen LogP contribution in [-0.4, -0.2) is 64.3 Å². The molecule has 2 amide bonds. The van der Waals surface area contributed by atoms with Crippen molar-refractivity contribution in [1.29, 1.82) is 0 Å². The van der Waals surface area contributed by atoms with Crippen molar-refractivity contribution >= 4 is 28.3 Å². The summed E-state index contributed by atoms with van der Waals surface area (Å²) < 4.78 is 0. The van der Waals surface area contributed by atoms with Crippen LogP contribution < -0.4 is 4.90 Å². The molecule has 0 aliphatic carbocycles. The van der Waals surface area contributed by atoms with Crippen molar-refractivity contribution in [3.05, 3.63) is 41.7 Å². The van der Waals surface area contributed by atoms with Crippen LogP contribution in [0, 0.1) is 5.92 Å². The summed E-state index contributed by atoms with van der Waals surface area (Å²) in [4.78, 5) is 39.6. The molecule has 0 radical (unpaired) electrons. The second-order valence-electron chi connectivity index (χ2n) is 6.62. The molecule has 8 heteroatoms. The molecule has 0 unspecified atom stereocenters. The zero-order valence-electron chi connectivity index (χ0n) is 14.5. The van der Waals surface area contributed by atoms with E-state index in [9.17, 15) is 9.59 Å². The number of rotatable bonds is 4. The molecule has 0 spiro atoms. The van der Waals surface area contributed by atoms with Crippen molar-refractivity contribution in [2.75, 3.05) is 37.6 Å². The maximum absolute atomic E-state index is 12.8. The lowest BCUT2D eigenvalue weighted by Gasteiger charge is -2.35. The van der Waals surface area contributed by atoms with Gasteiger partial charge in [-0.15, -0.1) is 11.3 Å². The highest BCUT2D eigenvalue weighted by molar-refractivity contribution is 7.13. The third kappa shape index (κ3) is 3.55. The molecular weight excluding hydrogens is 350 g/mol. The number of hydrogen-bond acceptors (Lipinski definition) is 6. The Hall–Kier alpha value is -2.48. The van der Waals surface area contributed by atoms with Crippen LogP contribution in [-0.2, 0) is 16.1 Å². The summed E-state index contributed by atoms with van der Waals surface area (Å²) in [6, 6.07) is 5.67. The molecule has 7 nitrogen and oxygen atoms in total. The predicted octanol–water partition coefficient (Wildman–Crippen LogP) is 1.24. The van der Waals surface area contributed by atoms with E-state index in [1.807, 2.05) is 28.5 Å². The molecule has 1 atom stereocenters. The minimum absolute atomic E-state index is 0.0374. The molecule has 2 aliphatic rings. The highest BCUT2D eigenvalue weighted by Crippen LogP contribution is 2.24. The van der Waals surface area contributed by atoms with Crippen molar-refractivity contribution in [2.24, 2.45) is 5.92 Å². The monoisotopic (exact) mass is 371 g/mol. The minimum atomic E-state index is -0.238. The molecule has 0 bridgehead atoms. The van der Waals surface area contributed by atoms with Gasteiger partial charge in [-0.2, -0.15) is 0 Å². The Morgan fingerprint density at radius 2 is 2.00 bits per heavy atom. The number of hydrogen-bond donors (Lipinski definition) is 0. The van der Waals surface area contributed by atoms with Crippen LogP contribution in [0.5, 0.6) is 0 Å². The second kappa shape index (κ2) is 7.41. The second-order valence-corrected chi connectivity index (χ2v) is 7.50. The van der Waals surface area contributed by atoms with Gasteiger partial charge in [0.05, 0.1) is 18.2 Å². The first-order chi connectivity index (χ1) is 12.7. The lowest BCUT2D eigenvalue weighted by Crippen LogP contribution is -2.50. The highest BCUT2D eigenvalue weighted by atomic mass is 32.1. The highest BCUT2D eigenvalue weighted by Gasteiger charge is 2.37. The molecule has 26 heavy (non-hydrogen) atoms. The number of aromatic nitrogens is 2. The van der Waals surface area contributed by atoms with Gasteiger partial charge in [0, 0.05) is 56.9 Å². The zero-order chi connectivity index (χ0) is 17.9. The number of amides is 2. The predicted molar refractivity (Wildman–Crippen MR) is 98.7 cm³/mol. The third-order valence-corrected chi connectivity index (χ3v) is 5.76. The molecule has 2 fully saturated rings. The van der Waals surface area contributed by atoms with Crippen LogP contribution in [0.25, 0.3) is 0 Å². The molecule has 0 aromatic carbocycles. The fourth-order valence-electron chi connectivity index (χ4n) is 3.53. The number of thiazole rings is 1. The van der Waals surface area contributed by atoms with E-state index in [1.165, 1.54) is 0 Å². The number of carbonyl (C=O) groups is 2. The number of carbonyl (C=O) groups excluding carboxylic acids is 2. The Bertz CT molecular complexity index is 759. The smallest absolute Gasteiger partial charge is 0.228 e. The molecule has 2 aliphatic heterocycles. The van der Waals surface area contributed by atoms with E-state index in [4.69, 9.17) is 0 Å². The SMILES string of the molecule is O=C1C[C@@H](C(=O)N2CCN(c3nccs3)CC2)CN1Cc1ccccn1. The van der Waals surface area contributed by atoms with E-state index >= 15 is 0 Å². The van der Waals surface area contributed by atoms with Gasteiger partial charge in [-0.1, -0.05) is 6.07 Å². The van der Waals surface area contributed by atoms with E-state index in [-0.39, 0.29) is 17.7 Å². The quantitative estimate of drug-likeness (QED) is 0.809. The van der Waals surface area contributed by atoms with Gasteiger partial charge in [0.15, 0.2) is 5.13 Å². The van der Waals surface area contributed by atoms with Gasteiger partial charge in [-0.25, -0.2) is 4.98 Å². The van der Waals surface area contributed by atoms with E-state index < -0.39 is 0 Å². The summed E-state index contributed by atoms with van der Waals surface area (Å²) in [5.41, 5.74) is 0.853. The number of anilines is 1. The normalized spacial score (nSPS) is 20.7. The molecule has 136 valence electrons. The lowest BCUT2D eigenvalue weighted by atomic mass is 10.1. The summed E-state index contributed by atoms with van der Waals surface area (Å²) in [6.07, 6.45) is 3.83. The topological polar surface area (TPSA) is 69.6 Å².